The van der Waals surface area contributed by atoms with E-state index >= 15 is 0 Å². The molecule has 4 nitrogen and oxygen atoms in total. The molecule has 1 aliphatic heterocycles. The Balaban J connectivity index is 1.68. The number of carbonyl (C=O) groups excluding carboxylic acids is 1. The summed E-state index contributed by atoms with van der Waals surface area (Å²) in [5, 5.41) is 0. The average Bonchev–Trinajstić information content (AvgIpc) is 2.83. The Kier molecular flexibility index (Phi) is 6.85. The lowest BCUT2D eigenvalue weighted by atomic mass is 9.70. The molecule has 4 rings (SSSR count). The minimum Gasteiger partial charge on any atom is -0.493 e. The van der Waals surface area contributed by atoms with Crippen LogP contribution < -0.4 is 4.74 Å². The first-order chi connectivity index (χ1) is 15.9. The van der Waals surface area contributed by atoms with Crippen molar-refractivity contribution >= 4 is 17.4 Å². The largest absolute Gasteiger partial charge is 0.493 e. The third kappa shape index (κ3) is 5.29. The predicted octanol–water partition coefficient (Wildman–Crippen LogP) is 7.08. The van der Waals surface area contributed by atoms with E-state index in [-0.39, 0.29) is 11.2 Å². The molecule has 4 heteroatoms. The summed E-state index contributed by atoms with van der Waals surface area (Å²) in [4.78, 5) is 16.3. The monoisotopic (exact) mass is 443 g/mol. The second-order valence-electron chi connectivity index (χ2n) is 9.82. The van der Waals surface area contributed by atoms with Crippen LogP contribution in [0, 0.1) is 5.92 Å². The Morgan fingerprint density at radius 3 is 2.45 bits per heavy atom. The SMILES string of the molecule is CC(=O)c1ccc(C2=NC(c3ccc(OCC(C)C)c(C4(C)CCCCC4)c3)=C=CO2)cc1. The highest BCUT2D eigenvalue weighted by atomic mass is 16.5. The van der Waals surface area contributed by atoms with Crippen LogP contribution in [0.2, 0.25) is 0 Å². The van der Waals surface area contributed by atoms with E-state index in [0.717, 1.165) is 22.6 Å². The molecule has 0 atom stereocenters. The van der Waals surface area contributed by atoms with Gasteiger partial charge in [-0.1, -0.05) is 57.9 Å². The van der Waals surface area contributed by atoms with Gasteiger partial charge >= 0.3 is 0 Å². The van der Waals surface area contributed by atoms with E-state index in [1.54, 1.807) is 25.3 Å². The Hall–Kier alpha value is -3.10. The summed E-state index contributed by atoms with van der Waals surface area (Å²) >= 11 is 0. The fourth-order valence-corrected chi connectivity index (χ4v) is 4.56. The zero-order chi connectivity index (χ0) is 23.4. The molecule has 2 aromatic carbocycles. The first kappa shape index (κ1) is 23.1. The van der Waals surface area contributed by atoms with Crippen LogP contribution in [0.3, 0.4) is 0 Å². The van der Waals surface area contributed by atoms with Crippen LogP contribution in [0.5, 0.6) is 5.75 Å². The molecule has 2 aromatic rings. The molecule has 0 saturated heterocycles. The second kappa shape index (κ2) is 9.80. The lowest BCUT2D eigenvalue weighted by Crippen LogP contribution is -2.26. The summed E-state index contributed by atoms with van der Waals surface area (Å²) in [6, 6.07) is 13.7. The van der Waals surface area contributed by atoms with E-state index < -0.39 is 0 Å². The molecule has 0 unspecified atom stereocenters. The molecule has 0 amide bonds. The van der Waals surface area contributed by atoms with Crippen LogP contribution >= 0.6 is 0 Å². The molecule has 1 heterocycles. The number of benzene rings is 2. The van der Waals surface area contributed by atoms with Gasteiger partial charge in [0.25, 0.3) is 0 Å². The average molecular weight is 444 g/mol. The van der Waals surface area contributed by atoms with Crippen LogP contribution in [0.25, 0.3) is 5.70 Å². The fraction of sp³-hybridized carbons (Fsp3) is 0.414. The molecule has 0 aromatic heterocycles. The fourth-order valence-electron chi connectivity index (χ4n) is 4.56. The number of hydrogen-bond donors (Lipinski definition) is 0. The van der Waals surface area contributed by atoms with Crippen molar-refractivity contribution in [1.29, 1.82) is 0 Å². The van der Waals surface area contributed by atoms with Crippen molar-refractivity contribution in [2.24, 2.45) is 10.9 Å². The van der Waals surface area contributed by atoms with Gasteiger partial charge in [-0.3, -0.25) is 4.79 Å². The molecule has 0 bridgehead atoms. The van der Waals surface area contributed by atoms with Crippen LogP contribution in [-0.2, 0) is 10.2 Å². The molecule has 33 heavy (non-hydrogen) atoms. The van der Waals surface area contributed by atoms with E-state index in [1.165, 1.54) is 37.7 Å². The van der Waals surface area contributed by atoms with Gasteiger partial charge in [0.1, 0.15) is 17.7 Å². The lowest BCUT2D eigenvalue weighted by Gasteiger charge is -2.35. The zero-order valence-corrected chi connectivity index (χ0v) is 20.1. The van der Waals surface area contributed by atoms with Gasteiger partial charge in [0.2, 0.25) is 5.90 Å². The van der Waals surface area contributed by atoms with E-state index in [2.05, 4.69) is 44.7 Å². The third-order valence-electron chi connectivity index (χ3n) is 6.55. The summed E-state index contributed by atoms with van der Waals surface area (Å²) < 4.78 is 11.9. The maximum absolute atomic E-state index is 11.6. The van der Waals surface area contributed by atoms with E-state index in [0.29, 0.717) is 24.0 Å². The number of aliphatic imine (C=N–C) groups is 1. The Labute approximate surface area is 197 Å². The zero-order valence-electron chi connectivity index (χ0n) is 20.1. The van der Waals surface area contributed by atoms with Crippen LogP contribution in [-0.4, -0.2) is 18.3 Å². The molecule has 0 spiro atoms. The predicted molar refractivity (Wildman–Crippen MR) is 133 cm³/mol. The summed E-state index contributed by atoms with van der Waals surface area (Å²) in [7, 11) is 0. The van der Waals surface area contributed by atoms with Crippen LogP contribution in [0.15, 0.2) is 59.5 Å². The number of nitrogens with zero attached hydrogens (tertiary/aromatic N) is 1. The van der Waals surface area contributed by atoms with Crippen molar-refractivity contribution < 1.29 is 14.3 Å². The van der Waals surface area contributed by atoms with Gasteiger partial charge < -0.3 is 9.47 Å². The van der Waals surface area contributed by atoms with Gasteiger partial charge in [-0.15, -0.1) is 0 Å². The Morgan fingerprint density at radius 1 is 1.09 bits per heavy atom. The van der Waals surface area contributed by atoms with Crippen LogP contribution in [0.4, 0.5) is 0 Å². The highest BCUT2D eigenvalue weighted by Gasteiger charge is 2.32. The minimum atomic E-state index is 0.0389. The van der Waals surface area contributed by atoms with E-state index in [9.17, 15) is 4.79 Å². The smallest absolute Gasteiger partial charge is 0.227 e. The van der Waals surface area contributed by atoms with Crippen molar-refractivity contribution in [2.75, 3.05) is 6.61 Å². The van der Waals surface area contributed by atoms with Crippen molar-refractivity contribution in [3.8, 4) is 5.75 Å². The van der Waals surface area contributed by atoms with Gasteiger partial charge in [-0.05, 0) is 61.4 Å². The lowest BCUT2D eigenvalue weighted by molar-refractivity contribution is 0.101. The summed E-state index contributed by atoms with van der Waals surface area (Å²) in [5.74, 6) is 2.00. The van der Waals surface area contributed by atoms with Gasteiger partial charge in [-0.2, -0.15) is 0 Å². The molecule has 1 aliphatic carbocycles. The van der Waals surface area contributed by atoms with Crippen molar-refractivity contribution in [1.82, 2.24) is 0 Å². The Bertz CT molecular complexity index is 1110. The highest BCUT2D eigenvalue weighted by Crippen LogP contribution is 2.44. The summed E-state index contributed by atoms with van der Waals surface area (Å²) in [6.07, 6.45) is 7.70. The van der Waals surface area contributed by atoms with Crippen molar-refractivity contribution in [2.45, 2.75) is 65.2 Å². The maximum Gasteiger partial charge on any atom is 0.227 e. The number of Topliss-reactive ketones (excluding diaryl/α,β-unsaturated/α-hetero) is 1. The quantitative estimate of drug-likeness (QED) is 0.339. The number of hydrogen-bond acceptors (Lipinski definition) is 4. The number of ether oxygens (including phenoxy) is 2. The topological polar surface area (TPSA) is 47.9 Å². The number of ketones is 1. The van der Waals surface area contributed by atoms with Crippen molar-refractivity contribution in [3.05, 3.63) is 76.7 Å². The molecule has 0 radical (unpaired) electrons. The molecular weight excluding hydrogens is 410 g/mol. The van der Waals surface area contributed by atoms with E-state index in [4.69, 9.17) is 14.5 Å². The maximum atomic E-state index is 11.6. The summed E-state index contributed by atoms with van der Waals surface area (Å²) in [6.45, 7) is 8.98. The Morgan fingerprint density at radius 2 is 1.79 bits per heavy atom. The number of carbonyl (C=O) groups is 1. The normalized spacial score (nSPS) is 17.2. The molecule has 2 aliphatic rings. The molecular formula is C29H33NO3. The minimum absolute atomic E-state index is 0.0389. The first-order valence-corrected chi connectivity index (χ1v) is 12.0. The third-order valence-corrected chi connectivity index (χ3v) is 6.55. The van der Waals surface area contributed by atoms with Gasteiger partial charge in [0.05, 0.1) is 6.61 Å². The molecule has 172 valence electrons. The second-order valence-corrected chi connectivity index (χ2v) is 9.82. The summed E-state index contributed by atoms with van der Waals surface area (Å²) in [5.41, 5.74) is 7.77. The van der Waals surface area contributed by atoms with Crippen LogP contribution in [0.1, 0.15) is 86.8 Å². The van der Waals surface area contributed by atoms with Crippen molar-refractivity contribution in [3.63, 3.8) is 0 Å². The van der Waals surface area contributed by atoms with Gasteiger partial charge in [0, 0.05) is 22.3 Å². The van der Waals surface area contributed by atoms with Gasteiger partial charge in [0.15, 0.2) is 5.78 Å². The van der Waals surface area contributed by atoms with E-state index in [1.807, 2.05) is 12.1 Å². The molecule has 1 fully saturated rings. The number of rotatable bonds is 7. The first-order valence-electron chi connectivity index (χ1n) is 12.0. The highest BCUT2D eigenvalue weighted by molar-refractivity contribution is 6.00. The van der Waals surface area contributed by atoms with Gasteiger partial charge in [-0.25, -0.2) is 4.99 Å². The molecule has 1 saturated carbocycles. The standard InChI is InChI=1S/C29H33NO3/c1-20(2)19-33-27-13-12-24(18-25(27)29(4)15-6-5-7-16-29)26-14-17-32-28(30-26)23-10-8-22(9-11-23)21(3)31/h8-13,17-18,20H,5-7,15-16,19H2,1-4H3. The molecule has 0 N–H and O–H groups in total.